The quantitative estimate of drug-likeness (QED) is 0.629. The highest BCUT2D eigenvalue weighted by Gasteiger charge is 2.28. The van der Waals surface area contributed by atoms with Crippen molar-refractivity contribution < 1.29 is 18.7 Å². The Labute approximate surface area is 175 Å². The average molecular weight is 404 g/mol. The van der Waals surface area contributed by atoms with Crippen molar-refractivity contribution in [2.45, 2.75) is 32.6 Å². The number of hydrogen-bond acceptors (Lipinski definition) is 5. The minimum Gasteiger partial charge on any atom is -0.454 e. The predicted molar refractivity (Wildman–Crippen MR) is 112 cm³/mol. The maximum Gasteiger partial charge on any atom is 0.231 e. The number of nitrogens with zero attached hydrogens (tertiary/aromatic N) is 2. The summed E-state index contributed by atoms with van der Waals surface area (Å²) in [6, 6.07) is 14.1. The summed E-state index contributed by atoms with van der Waals surface area (Å²) in [5.41, 5.74) is 3.91. The van der Waals surface area contributed by atoms with Crippen LogP contribution in [-0.2, 0) is 4.79 Å². The Morgan fingerprint density at radius 3 is 2.60 bits per heavy atom. The molecule has 6 heteroatoms. The summed E-state index contributed by atoms with van der Waals surface area (Å²) in [6.45, 7) is 5.41. The molecule has 0 saturated carbocycles. The molecule has 0 atom stereocenters. The number of carbonyl (C=O) groups is 1. The zero-order chi connectivity index (χ0) is 20.7. The molecular weight excluding hydrogens is 380 g/mol. The van der Waals surface area contributed by atoms with E-state index in [1.54, 1.807) is 6.92 Å². The van der Waals surface area contributed by atoms with E-state index in [0.717, 1.165) is 71.5 Å². The standard InChI is InChI=1S/C24H24N2O4/c1-15-4-3-5-19(12-15)23-22(18-6-7-20-21(13-18)29-14-28-20)25-24(30-23)17-8-10-26(11-9-17)16(2)27/h3-7,12-13,17H,8-11,14H2,1-2H3. The van der Waals surface area contributed by atoms with Gasteiger partial charge in [-0.3, -0.25) is 4.79 Å². The van der Waals surface area contributed by atoms with Crippen molar-refractivity contribution >= 4 is 5.91 Å². The molecule has 0 radical (unpaired) electrons. The molecule has 0 aliphatic carbocycles. The van der Waals surface area contributed by atoms with Crippen LogP contribution in [0, 0.1) is 6.92 Å². The molecular formula is C24H24N2O4. The Morgan fingerprint density at radius 1 is 1.03 bits per heavy atom. The molecule has 0 bridgehead atoms. The Hall–Kier alpha value is -3.28. The second-order valence-electron chi connectivity index (χ2n) is 7.95. The Bertz CT molecular complexity index is 1100. The lowest BCUT2D eigenvalue weighted by atomic mass is 9.97. The number of likely N-dealkylation sites (tertiary alicyclic amines) is 1. The largest absolute Gasteiger partial charge is 0.454 e. The maximum absolute atomic E-state index is 11.7. The molecule has 1 aromatic heterocycles. The summed E-state index contributed by atoms with van der Waals surface area (Å²) in [5, 5.41) is 0. The lowest BCUT2D eigenvalue weighted by molar-refractivity contribution is -0.129. The van der Waals surface area contributed by atoms with E-state index in [1.807, 2.05) is 35.2 Å². The van der Waals surface area contributed by atoms with Crippen LogP contribution in [0.1, 0.15) is 37.1 Å². The Balaban J connectivity index is 1.54. The summed E-state index contributed by atoms with van der Waals surface area (Å²) >= 11 is 0. The number of rotatable bonds is 3. The van der Waals surface area contributed by atoms with Crippen molar-refractivity contribution in [1.82, 2.24) is 9.88 Å². The van der Waals surface area contributed by atoms with Crippen molar-refractivity contribution in [3.8, 4) is 34.1 Å². The van der Waals surface area contributed by atoms with Gasteiger partial charge in [0, 0.05) is 37.1 Å². The number of hydrogen-bond donors (Lipinski definition) is 0. The van der Waals surface area contributed by atoms with Gasteiger partial charge in [0.15, 0.2) is 23.1 Å². The van der Waals surface area contributed by atoms with Gasteiger partial charge in [0.1, 0.15) is 5.69 Å². The first-order chi connectivity index (χ1) is 14.6. The summed E-state index contributed by atoms with van der Waals surface area (Å²) in [4.78, 5) is 18.5. The average Bonchev–Trinajstić information content (AvgIpc) is 3.40. The lowest BCUT2D eigenvalue weighted by Crippen LogP contribution is -2.36. The number of fused-ring (bicyclic) bond motifs is 1. The molecule has 0 N–H and O–H groups in total. The highest BCUT2D eigenvalue weighted by Crippen LogP contribution is 2.41. The Kier molecular flexibility index (Phi) is 4.69. The number of oxazole rings is 1. The molecule has 2 aliphatic heterocycles. The second kappa shape index (κ2) is 7.52. The monoisotopic (exact) mass is 404 g/mol. The van der Waals surface area contributed by atoms with Gasteiger partial charge < -0.3 is 18.8 Å². The molecule has 30 heavy (non-hydrogen) atoms. The smallest absolute Gasteiger partial charge is 0.231 e. The highest BCUT2D eigenvalue weighted by molar-refractivity contribution is 5.78. The number of ether oxygens (including phenoxy) is 2. The van der Waals surface area contributed by atoms with Crippen LogP contribution in [0.25, 0.3) is 22.6 Å². The third kappa shape index (κ3) is 3.43. The van der Waals surface area contributed by atoms with Crippen LogP contribution >= 0.6 is 0 Å². The molecule has 1 amide bonds. The highest BCUT2D eigenvalue weighted by atomic mass is 16.7. The van der Waals surface area contributed by atoms with Gasteiger partial charge in [-0.05, 0) is 44.0 Å². The fourth-order valence-electron chi connectivity index (χ4n) is 4.17. The molecule has 0 spiro atoms. The maximum atomic E-state index is 11.7. The van der Waals surface area contributed by atoms with Crippen molar-refractivity contribution in [2.75, 3.05) is 19.9 Å². The molecule has 2 aliphatic rings. The van der Waals surface area contributed by atoms with E-state index in [2.05, 4.69) is 19.1 Å². The molecule has 2 aromatic carbocycles. The molecule has 3 heterocycles. The van der Waals surface area contributed by atoms with Gasteiger partial charge in [-0.25, -0.2) is 4.98 Å². The van der Waals surface area contributed by atoms with E-state index in [1.165, 1.54) is 0 Å². The van der Waals surface area contributed by atoms with Crippen LogP contribution in [0.4, 0.5) is 0 Å². The first-order valence-corrected chi connectivity index (χ1v) is 10.3. The number of carbonyl (C=O) groups excluding carboxylic acids is 1. The zero-order valence-corrected chi connectivity index (χ0v) is 17.2. The molecule has 3 aromatic rings. The number of amides is 1. The normalized spacial score (nSPS) is 16.1. The third-order valence-electron chi connectivity index (χ3n) is 5.86. The zero-order valence-electron chi connectivity index (χ0n) is 17.2. The number of piperidine rings is 1. The van der Waals surface area contributed by atoms with Crippen LogP contribution in [-0.4, -0.2) is 35.7 Å². The van der Waals surface area contributed by atoms with Crippen LogP contribution in [0.15, 0.2) is 46.9 Å². The van der Waals surface area contributed by atoms with Gasteiger partial charge in [0.2, 0.25) is 12.7 Å². The van der Waals surface area contributed by atoms with Gasteiger partial charge in [-0.15, -0.1) is 0 Å². The van der Waals surface area contributed by atoms with Crippen LogP contribution < -0.4 is 9.47 Å². The lowest BCUT2D eigenvalue weighted by Gasteiger charge is -2.29. The molecule has 1 fully saturated rings. The van der Waals surface area contributed by atoms with Gasteiger partial charge in [-0.1, -0.05) is 23.8 Å². The van der Waals surface area contributed by atoms with Crippen LogP contribution in [0.5, 0.6) is 11.5 Å². The van der Waals surface area contributed by atoms with E-state index >= 15 is 0 Å². The number of aryl methyl sites for hydroxylation is 1. The van der Waals surface area contributed by atoms with Crippen LogP contribution in [0.3, 0.4) is 0 Å². The first kappa shape index (κ1) is 18.7. The summed E-state index contributed by atoms with van der Waals surface area (Å²) < 4.78 is 17.4. The minimum absolute atomic E-state index is 0.127. The van der Waals surface area contributed by atoms with Crippen molar-refractivity contribution in [1.29, 1.82) is 0 Å². The minimum atomic E-state index is 0.127. The van der Waals surface area contributed by atoms with Gasteiger partial charge >= 0.3 is 0 Å². The van der Waals surface area contributed by atoms with Crippen molar-refractivity contribution in [3.05, 3.63) is 53.9 Å². The first-order valence-electron chi connectivity index (χ1n) is 10.3. The summed E-state index contributed by atoms with van der Waals surface area (Å²) in [7, 11) is 0. The number of benzene rings is 2. The second-order valence-corrected chi connectivity index (χ2v) is 7.95. The summed E-state index contributed by atoms with van der Waals surface area (Å²) in [5.74, 6) is 3.30. The molecule has 5 rings (SSSR count). The fraction of sp³-hybridized carbons (Fsp3) is 0.333. The molecule has 6 nitrogen and oxygen atoms in total. The van der Waals surface area contributed by atoms with Crippen molar-refractivity contribution in [3.63, 3.8) is 0 Å². The van der Waals surface area contributed by atoms with E-state index in [0.29, 0.717) is 0 Å². The molecule has 154 valence electrons. The molecule has 0 unspecified atom stereocenters. The van der Waals surface area contributed by atoms with E-state index in [9.17, 15) is 4.79 Å². The van der Waals surface area contributed by atoms with Crippen LogP contribution in [0.2, 0.25) is 0 Å². The topological polar surface area (TPSA) is 64.8 Å². The molecule has 1 saturated heterocycles. The fourth-order valence-corrected chi connectivity index (χ4v) is 4.17. The third-order valence-corrected chi connectivity index (χ3v) is 5.86. The van der Waals surface area contributed by atoms with E-state index in [4.69, 9.17) is 18.9 Å². The predicted octanol–water partition coefficient (Wildman–Crippen LogP) is 4.77. The summed E-state index contributed by atoms with van der Waals surface area (Å²) in [6.07, 6.45) is 1.71. The van der Waals surface area contributed by atoms with Crippen molar-refractivity contribution in [2.24, 2.45) is 0 Å². The van der Waals surface area contributed by atoms with Gasteiger partial charge in [0.05, 0.1) is 0 Å². The van der Waals surface area contributed by atoms with Gasteiger partial charge in [-0.2, -0.15) is 0 Å². The number of aromatic nitrogens is 1. The van der Waals surface area contributed by atoms with E-state index in [-0.39, 0.29) is 18.6 Å². The van der Waals surface area contributed by atoms with E-state index < -0.39 is 0 Å². The Morgan fingerprint density at radius 2 is 1.83 bits per heavy atom. The SMILES string of the molecule is CC(=O)N1CCC(c2nc(-c3ccc4c(c3)OCO4)c(-c3cccc(C)c3)o2)CC1. The van der Waals surface area contributed by atoms with Gasteiger partial charge in [0.25, 0.3) is 0 Å².